The Kier molecular flexibility index (Phi) is 5.67. The van der Waals surface area contributed by atoms with Crippen molar-refractivity contribution in [2.24, 2.45) is 0 Å². The van der Waals surface area contributed by atoms with Crippen molar-refractivity contribution in [3.63, 3.8) is 0 Å². The van der Waals surface area contributed by atoms with Gasteiger partial charge in [0.15, 0.2) is 0 Å². The number of benzene rings is 2. The lowest BCUT2D eigenvalue weighted by atomic mass is 9.95. The molecule has 33 heavy (non-hydrogen) atoms. The summed E-state index contributed by atoms with van der Waals surface area (Å²) >= 11 is 0. The summed E-state index contributed by atoms with van der Waals surface area (Å²) in [6.07, 6.45) is 5.90. The number of hydrogen-bond acceptors (Lipinski definition) is 4. The van der Waals surface area contributed by atoms with Gasteiger partial charge in [0.05, 0.1) is 16.0 Å². The number of fused-ring (bicyclic) bond motifs is 3. The van der Waals surface area contributed by atoms with Gasteiger partial charge in [0.1, 0.15) is 0 Å². The van der Waals surface area contributed by atoms with Crippen LogP contribution >= 0.6 is 0 Å². The number of aryl methyl sites for hydroxylation is 2. The van der Waals surface area contributed by atoms with Crippen LogP contribution in [0.1, 0.15) is 57.7 Å². The molecule has 1 aromatic heterocycles. The van der Waals surface area contributed by atoms with Gasteiger partial charge in [-0.15, -0.1) is 0 Å². The van der Waals surface area contributed by atoms with Gasteiger partial charge < -0.3 is 4.98 Å². The lowest BCUT2D eigenvalue weighted by Gasteiger charge is -2.16. The summed E-state index contributed by atoms with van der Waals surface area (Å²) in [5.74, 6) is -1.02. The molecule has 1 aliphatic heterocycles. The molecular weight excluding hydrogens is 440 g/mol. The molecule has 5 rings (SSSR count). The highest BCUT2D eigenvalue weighted by atomic mass is 32.2. The van der Waals surface area contributed by atoms with Crippen LogP contribution in [0.5, 0.6) is 0 Å². The molecule has 1 aliphatic carbocycles. The van der Waals surface area contributed by atoms with Crippen molar-refractivity contribution < 1.29 is 18.0 Å². The number of aromatic amines is 1. The van der Waals surface area contributed by atoms with Gasteiger partial charge >= 0.3 is 0 Å². The minimum absolute atomic E-state index is 0.0742. The first-order valence-electron chi connectivity index (χ1n) is 11.3. The number of para-hydroxylation sites is 1. The third-order valence-electron chi connectivity index (χ3n) is 6.47. The Labute approximate surface area is 192 Å². The summed E-state index contributed by atoms with van der Waals surface area (Å²) in [6, 6.07) is 11.4. The molecule has 172 valence electrons. The molecule has 3 N–H and O–H groups in total. The maximum absolute atomic E-state index is 12.9. The zero-order chi connectivity index (χ0) is 23.0. The lowest BCUT2D eigenvalue weighted by Crippen LogP contribution is -2.41. The van der Waals surface area contributed by atoms with Gasteiger partial charge in [-0.3, -0.25) is 20.4 Å². The number of amides is 2. The number of aromatic nitrogens is 1. The van der Waals surface area contributed by atoms with Gasteiger partial charge in [-0.05, 0) is 68.4 Å². The first-order valence-corrected chi connectivity index (χ1v) is 12.7. The third-order valence-corrected chi connectivity index (χ3v) is 8.36. The number of H-pyrrole nitrogens is 1. The first-order chi connectivity index (χ1) is 15.9. The molecule has 1 fully saturated rings. The molecule has 2 aliphatic rings. The van der Waals surface area contributed by atoms with Crippen molar-refractivity contribution in [1.82, 2.24) is 20.1 Å². The average Bonchev–Trinajstić information content (AvgIpc) is 3.51. The summed E-state index contributed by atoms with van der Waals surface area (Å²) in [5.41, 5.74) is 8.70. The second-order valence-electron chi connectivity index (χ2n) is 8.56. The van der Waals surface area contributed by atoms with Gasteiger partial charge in [0.2, 0.25) is 10.0 Å². The van der Waals surface area contributed by atoms with Crippen LogP contribution in [0.15, 0.2) is 47.4 Å². The van der Waals surface area contributed by atoms with E-state index in [0.717, 1.165) is 49.4 Å². The Balaban J connectivity index is 1.32. The van der Waals surface area contributed by atoms with Gasteiger partial charge in [-0.25, -0.2) is 8.42 Å². The number of nitrogens with one attached hydrogen (secondary N) is 3. The Morgan fingerprint density at radius 3 is 2.42 bits per heavy atom. The molecule has 0 unspecified atom stereocenters. The minimum Gasteiger partial charge on any atom is -0.358 e. The van der Waals surface area contributed by atoms with Crippen molar-refractivity contribution in [3.05, 3.63) is 64.8 Å². The smallest absolute Gasteiger partial charge is 0.271 e. The molecule has 0 bridgehead atoms. The molecule has 2 amide bonds. The van der Waals surface area contributed by atoms with E-state index in [-0.39, 0.29) is 10.5 Å². The number of sulfonamides is 1. The first kappa shape index (κ1) is 21.7. The monoisotopic (exact) mass is 466 g/mol. The normalized spacial score (nSPS) is 16.5. The molecule has 1 saturated heterocycles. The molecule has 0 radical (unpaired) electrons. The quantitative estimate of drug-likeness (QED) is 0.513. The SMILES string of the molecule is O=C(NNC(=O)c1cccc2c3c([nH]c12)CCCC3)c1cccc(S(=O)(=O)N2CCCC2)c1. The molecular formula is C24H26N4O4S. The fourth-order valence-electron chi connectivity index (χ4n) is 4.75. The van der Waals surface area contributed by atoms with Crippen LogP contribution in [-0.4, -0.2) is 42.6 Å². The average molecular weight is 467 g/mol. The maximum atomic E-state index is 12.9. The number of carbonyl (C=O) groups is 2. The van der Waals surface area contributed by atoms with E-state index < -0.39 is 21.8 Å². The molecule has 0 spiro atoms. The van der Waals surface area contributed by atoms with Crippen LogP contribution < -0.4 is 10.9 Å². The van der Waals surface area contributed by atoms with E-state index in [1.807, 2.05) is 12.1 Å². The zero-order valence-corrected chi connectivity index (χ0v) is 19.0. The largest absolute Gasteiger partial charge is 0.358 e. The van der Waals surface area contributed by atoms with Crippen LogP contribution in [0.4, 0.5) is 0 Å². The van der Waals surface area contributed by atoms with Gasteiger partial charge in [-0.2, -0.15) is 4.31 Å². The van der Waals surface area contributed by atoms with Gasteiger partial charge in [0, 0.05) is 29.7 Å². The topological polar surface area (TPSA) is 111 Å². The van der Waals surface area contributed by atoms with E-state index >= 15 is 0 Å². The Bertz CT molecular complexity index is 1340. The standard InChI is InChI=1S/C24H26N4O4S/c29-23(16-7-5-8-17(15-16)33(31,32)28-13-3-4-14-28)26-27-24(30)20-11-6-10-19-18-9-1-2-12-21(18)25-22(19)20/h5-8,10-11,15,25H,1-4,9,12-14H2,(H,26,29)(H,27,30). The van der Waals surface area contributed by atoms with Gasteiger partial charge in [-0.1, -0.05) is 18.2 Å². The van der Waals surface area contributed by atoms with Crippen molar-refractivity contribution in [3.8, 4) is 0 Å². The summed E-state index contributed by atoms with van der Waals surface area (Å²) in [5, 5.41) is 1.04. The number of nitrogens with zero attached hydrogens (tertiary/aromatic N) is 1. The predicted octanol–water partition coefficient (Wildman–Crippen LogP) is 2.91. The Morgan fingerprint density at radius 1 is 0.879 bits per heavy atom. The summed E-state index contributed by atoms with van der Waals surface area (Å²) in [6.45, 7) is 0.977. The predicted molar refractivity (Wildman–Crippen MR) is 124 cm³/mol. The van der Waals surface area contributed by atoms with Crippen LogP contribution in [-0.2, 0) is 22.9 Å². The second-order valence-corrected chi connectivity index (χ2v) is 10.5. The minimum atomic E-state index is -3.63. The molecule has 9 heteroatoms. The van der Waals surface area contributed by atoms with Crippen LogP contribution in [0.2, 0.25) is 0 Å². The Morgan fingerprint density at radius 2 is 1.61 bits per heavy atom. The van der Waals surface area contributed by atoms with E-state index in [9.17, 15) is 18.0 Å². The van der Waals surface area contributed by atoms with E-state index in [0.29, 0.717) is 18.7 Å². The van der Waals surface area contributed by atoms with Crippen molar-refractivity contribution in [1.29, 1.82) is 0 Å². The van der Waals surface area contributed by atoms with Crippen molar-refractivity contribution in [2.75, 3.05) is 13.1 Å². The van der Waals surface area contributed by atoms with E-state index in [1.165, 1.54) is 39.8 Å². The fraction of sp³-hybridized carbons (Fsp3) is 0.333. The maximum Gasteiger partial charge on any atom is 0.271 e. The van der Waals surface area contributed by atoms with Crippen molar-refractivity contribution >= 4 is 32.7 Å². The molecule has 0 atom stereocenters. The van der Waals surface area contributed by atoms with Crippen LogP contribution in [0.25, 0.3) is 10.9 Å². The molecule has 3 aromatic rings. The molecule has 2 aromatic carbocycles. The van der Waals surface area contributed by atoms with E-state index in [1.54, 1.807) is 6.07 Å². The Hall–Kier alpha value is -3.17. The zero-order valence-electron chi connectivity index (χ0n) is 18.2. The number of hydrogen-bond donors (Lipinski definition) is 3. The number of carbonyl (C=O) groups excluding carboxylic acids is 2. The van der Waals surface area contributed by atoms with Crippen molar-refractivity contribution in [2.45, 2.75) is 43.4 Å². The number of rotatable bonds is 4. The summed E-state index contributed by atoms with van der Waals surface area (Å²) < 4.78 is 27.0. The molecule has 0 saturated carbocycles. The molecule has 8 nitrogen and oxygen atoms in total. The number of hydrazine groups is 1. The third kappa shape index (κ3) is 4.02. The van der Waals surface area contributed by atoms with Crippen LogP contribution in [0.3, 0.4) is 0 Å². The highest BCUT2D eigenvalue weighted by Crippen LogP contribution is 2.30. The second kappa shape index (κ2) is 8.64. The summed E-state index contributed by atoms with van der Waals surface area (Å²) in [4.78, 5) is 29.0. The van der Waals surface area contributed by atoms with E-state index in [2.05, 4.69) is 15.8 Å². The van der Waals surface area contributed by atoms with Crippen LogP contribution in [0, 0.1) is 0 Å². The lowest BCUT2D eigenvalue weighted by molar-refractivity contribution is 0.0847. The summed E-state index contributed by atoms with van der Waals surface area (Å²) in [7, 11) is -3.63. The highest BCUT2D eigenvalue weighted by Gasteiger charge is 2.27. The fourth-order valence-corrected chi connectivity index (χ4v) is 6.31. The highest BCUT2D eigenvalue weighted by molar-refractivity contribution is 7.89. The molecule has 2 heterocycles. The van der Waals surface area contributed by atoms with E-state index in [4.69, 9.17) is 0 Å². The van der Waals surface area contributed by atoms with Gasteiger partial charge in [0.25, 0.3) is 11.8 Å².